The van der Waals surface area contributed by atoms with E-state index in [1.165, 1.54) is 11.1 Å². The van der Waals surface area contributed by atoms with Crippen LogP contribution in [0.2, 0.25) is 0 Å². The molecule has 0 bridgehead atoms. The summed E-state index contributed by atoms with van der Waals surface area (Å²) in [7, 11) is 0. The lowest BCUT2D eigenvalue weighted by Gasteiger charge is -2.35. The first-order valence-electron chi connectivity index (χ1n) is 9.71. The van der Waals surface area contributed by atoms with Crippen molar-refractivity contribution in [1.82, 2.24) is 15.1 Å². The maximum Gasteiger partial charge on any atom is 0.237 e. The Morgan fingerprint density at radius 1 is 1.19 bits per heavy atom. The number of hydrogen-bond donors (Lipinski definition) is 1. The van der Waals surface area contributed by atoms with Crippen LogP contribution >= 0.6 is 12.4 Å². The largest absolute Gasteiger partial charge is 0.335 e. The number of piperazine rings is 1. The zero-order valence-electron chi connectivity index (χ0n) is 16.6. The van der Waals surface area contributed by atoms with Crippen molar-refractivity contribution in [3.8, 4) is 0 Å². The molecular formula is C21H34ClN3O. The molecule has 1 amide bonds. The van der Waals surface area contributed by atoms with E-state index in [2.05, 4.69) is 67.1 Å². The van der Waals surface area contributed by atoms with Gasteiger partial charge in [0.2, 0.25) is 5.91 Å². The number of carbonyl (C=O) groups excluding carboxylic acids is 1. The van der Waals surface area contributed by atoms with E-state index in [0.717, 1.165) is 39.0 Å². The minimum Gasteiger partial charge on any atom is -0.335 e. The molecule has 0 spiro atoms. The van der Waals surface area contributed by atoms with E-state index in [0.29, 0.717) is 12.6 Å². The van der Waals surface area contributed by atoms with Crippen molar-refractivity contribution in [1.29, 1.82) is 0 Å². The third-order valence-electron chi connectivity index (χ3n) is 5.71. The summed E-state index contributed by atoms with van der Waals surface area (Å²) in [5.41, 5.74) is 2.80. The van der Waals surface area contributed by atoms with Crippen molar-refractivity contribution >= 4 is 18.3 Å². The number of likely N-dealkylation sites (tertiary alicyclic amines) is 1. The molecule has 1 unspecified atom stereocenters. The highest BCUT2D eigenvalue weighted by molar-refractivity contribution is 5.85. The number of nitrogens with zero attached hydrogens (tertiary/aromatic N) is 2. The van der Waals surface area contributed by atoms with Crippen LogP contribution in [0.1, 0.15) is 57.7 Å². The van der Waals surface area contributed by atoms with Crippen molar-refractivity contribution in [3.05, 3.63) is 35.4 Å². The summed E-state index contributed by atoms with van der Waals surface area (Å²) in [6, 6.07) is 9.60. The second kappa shape index (κ2) is 8.73. The monoisotopic (exact) mass is 379 g/mol. The fraction of sp³-hybridized carbons (Fsp3) is 0.667. The number of halogens is 1. The summed E-state index contributed by atoms with van der Waals surface area (Å²) in [6.45, 7) is 13.3. The Morgan fingerprint density at radius 3 is 2.50 bits per heavy atom. The molecule has 2 fully saturated rings. The van der Waals surface area contributed by atoms with Crippen molar-refractivity contribution in [2.24, 2.45) is 0 Å². The van der Waals surface area contributed by atoms with Crippen LogP contribution < -0.4 is 5.32 Å². The van der Waals surface area contributed by atoms with Crippen LogP contribution in [-0.4, -0.2) is 54.5 Å². The van der Waals surface area contributed by atoms with Gasteiger partial charge in [-0.2, -0.15) is 0 Å². The van der Waals surface area contributed by atoms with Crippen LogP contribution in [0, 0.1) is 0 Å². The molecule has 3 rings (SSSR count). The van der Waals surface area contributed by atoms with E-state index >= 15 is 0 Å². The summed E-state index contributed by atoms with van der Waals surface area (Å²) < 4.78 is 0. The molecule has 2 aliphatic heterocycles. The van der Waals surface area contributed by atoms with Gasteiger partial charge in [0.05, 0.1) is 12.6 Å². The molecule has 1 aromatic rings. The molecule has 2 atom stereocenters. The van der Waals surface area contributed by atoms with Gasteiger partial charge in [-0.15, -0.1) is 12.4 Å². The predicted octanol–water partition coefficient (Wildman–Crippen LogP) is 3.36. The molecular weight excluding hydrogens is 346 g/mol. The zero-order chi connectivity index (χ0) is 18.0. The lowest BCUT2D eigenvalue weighted by molar-refractivity contribution is -0.134. The molecule has 26 heavy (non-hydrogen) atoms. The Kier molecular flexibility index (Phi) is 7.12. The Hall–Kier alpha value is -1.10. The lowest BCUT2D eigenvalue weighted by Crippen LogP contribution is -2.53. The van der Waals surface area contributed by atoms with Crippen molar-refractivity contribution in [2.75, 3.05) is 32.7 Å². The highest BCUT2D eigenvalue weighted by Gasteiger charge is 2.32. The first kappa shape index (κ1) is 21.2. The lowest BCUT2D eigenvalue weighted by atomic mass is 9.86. The van der Waals surface area contributed by atoms with Crippen molar-refractivity contribution in [2.45, 2.75) is 58.0 Å². The van der Waals surface area contributed by atoms with Gasteiger partial charge in [-0.1, -0.05) is 45.0 Å². The third kappa shape index (κ3) is 4.79. The van der Waals surface area contributed by atoms with Gasteiger partial charge in [0.25, 0.3) is 0 Å². The first-order chi connectivity index (χ1) is 11.9. The second-order valence-electron chi connectivity index (χ2n) is 8.64. The van der Waals surface area contributed by atoms with Gasteiger partial charge in [0.1, 0.15) is 0 Å². The average Bonchev–Trinajstić information content (AvgIpc) is 3.06. The summed E-state index contributed by atoms with van der Waals surface area (Å²) in [5.74, 6) is 0.288. The van der Waals surface area contributed by atoms with Crippen LogP contribution in [-0.2, 0) is 10.2 Å². The number of amides is 1. The summed E-state index contributed by atoms with van der Waals surface area (Å²) in [5, 5.41) is 3.39. The standard InChI is InChI=1S/C21H33N3O.ClH/c1-16-14-22-11-13-23(16)15-20(25)24-12-5-6-19(24)17-7-9-18(10-8-17)21(2,3)4;/h7-10,16,19,22H,5-6,11-15H2,1-4H3;1H/t16-,19?;/m0./s1. The number of benzene rings is 1. The smallest absolute Gasteiger partial charge is 0.237 e. The maximum absolute atomic E-state index is 12.9. The molecule has 0 saturated carbocycles. The Balaban J connectivity index is 0.00000243. The molecule has 0 aromatic heterocycles. The number of carbonyl (C=O) groups is 1. The summed E-state index contributed by atoms with van der Waals surface area (Å²) in [6.07, 6.45) is 2.19. The van der Waals surface area contributed by atoms with E-state index in [9.17, 15) is 4.79 Å². The van der Waals surface area contributed by atoms with E-state index < -0.39 is 0 Å². The maximum atomic E-state index is 12.9. The quantitative estimate of drug-likeness (QED) is 0.874. The van der Waals surface area contributed by atoms with Gasteiger partial charge in [-0.3, -0.25) is 9.69 Å². The van der Waals surface area contributed by atoms with Crippen LogP contribution in [0.15, 0.2) is 24.3 Å². The molecule has 1 aromatic carbocycles. The number of nitrogens with one attached hydrogen (secondary N) is 1. The SMILES string of the molecule is C[C@H]1CNCCN1CC(=O)N1CCCC1c1ccc(C(C)(C)C)cc1.Cl. The molecule has 5 heteroatoms. The first-order valence-corrected chi connectivity index (χ1v) is 9.71. The van der Waals surface area contributed by atoms with Gasteiger partial charge in [0, 0.05) is 32.2 Å². The minimum absolute atomic E-state index is 0. The van der Waals surface area contributed by atoms with Crippen LogP contribution in [0.25, 0.3) is 0 Å². The van der Waals surface area contributed by atoms with E-state index in [4.69, 9.17) is 0 Å². The van der Waals surface area contributed by atoms with Gasteiger partial charge >= 0.3 is 0 Å². The fourth-order valence-corrected chi connectivity index (χ4v) is 4.00. The number of hydrogen-bond acceptors (Lipinski definition) is 3. The van der Waals surface area contributed by atoms with Crippen LogP contribution in [0.4, 0.5) is 0 Å². The van der Waals surface area contributed by atoms with E-state index in [-0.39, 0.29) is 29.8 Å². The molecule has 146 valence electrons. The highest BCUT2D eigenvalue weighted by atomic mass is 35.5. The Labute approximate surface area is 164 Å². The van der Waals surface area contributed by atoms with Crippen LogP contribution in [0.5, 0.6) is 0 Å². The second-order valence-corrected chi connectivity index (χ2v) is 8.64. The average molecular weight is 380 g/mol. The summed E-state index contributed by atoms with van der Waals surface area (Å²) >= 11 is 0. The molecule has 1 N–H and O–H groups in total. The predicted molar refractivity (Wildman–Crippen MR) is 110 cm³/mol. The van der Waals surface area contributed by atoms with Gasteiger partial charge < -0.3 is 10.2 Å². The summed E-state index contributed by atoms with van der Waals surface area (Å²) in [4.78, 5) is 17.4. The van der Waals surface area contributed by atoms with Gasteiger partial charge in [-0.05, 0) is 36.3 Å². The molecule has 2 heterocycles. The molecule has 0 radical (unpaired) electrons. The zero-order valence-corrected chi connectivity index (χ0v) is 17.4. The van der Waals surface area contributed by atoms with Crippen molar-refractivity contribution < 1.29 is 4.79 Å². The topological polar surface area (TPSA) is 35.6 Å². The molecule has 2 aliphatic rings. The van der Waals surface area contributed by atoms with Gasteiger partial charge in [-0.25, -0.2) is 0 Å². The number of rotatable bonds is 3. The normalized spacial score (nSPS) is 24.4. The van der Waals surface area contributed by atoms with Crippen molar-refractivity contribution in [3.63, 3.8) is 0 Å². The Morgan fingerprint density at radius 2 is 1.88 bits per heavy atom. The molecule has 2 saturated heterocycles. The van der Waals surface area contributed by atoms with Gasteiger partial charge in [0.15, 0.2) is 0 Å². The van der Waals surface area contributed by atoms with Crippen LogP contribution in [0.3, 0.4) is 0 Å². The minimum atomic E-state index is 0. The highest BCUT2D eigenvalue weighted by Crippen LogP contribution is 2.33. The molecule has 0 aliphatic carbocycles. The van der Waals surface area contributed by atoms with E-state index in [1.54, 1.807) is 0 Å². The molecule has 4 nitrogen and oxygen atoms in total. The third-order valence-corrected chi connectivity index (χ3v) is 5.71. The Bertz CT molecular complexity index is 596. The van der Waals surface area contributed by atoms with E-state index in [1.807, 2.05) is 0 Å². The fourth-order valence-electron chi connectivity index (χ4n) is 4.00.